The van der Waals surface area contributed by atoms with Gasteiger partial charge in [-0.3, -0.25) is 9.59 Å². The minimum Gasteiger partial charge on any atom is -0.340 e. The van der Waals surface area contributed by atoms with E-state index in [4.69, 9.17) is 4.98 Å². The summed E-state index contributed by atoms with van der Waals surface area (Å²) in [5.41, 5.74) is 5.69. The number of carbonyl (C=O) groups is 2. The molecule has 0 bridgehead atoms. The molecule has 5 nitrogen and oxygen atoms in total. The molecule has 4 rings (SSSR count). The molecule has 0 saturated heterocycles. The van der Waals surface area contributed by atoms with Crippen molar-refractivity contribution in [2.24, 2.45) is 0 Å². The summed E-state index contributed by atoms with van der Waals surface area (Å²) in [4.78, 5) is 31.9. The Morgan fingerprint density at radius 3 is 2.29 bits per heavy atom. The molecule has 4 aromatic rings. The van der Waals surface area contributed by atoms with Crippen molar-refractivity contribution in [1.29, 1.82) is 0 Å². The number of carbonyl (C=O) groups excluding carboxylic acids is 2. The summed E-state index contributed by atoms with van der Waals surface area (Å²) in [5, 5.41) is 6.35. The van der Waals surface area contributed by atoms with E-state index in [2.05, 4.69) is 42.7 Å². The van der Waals surface area contributed by atoms with Crippen LogP contribution in [0, 0.1) is 20.8 Å². The highest BCUT2D eigenvalue weighted by molar-refractivity contribution is 7.16. The van der Waals surface area contributed by atoms with Gasteiger partial charge in [0.1, 0.15) is 6.04 Å². The van der Waals surface area contributed by atoms with Gasteiger partial charge in [-0.1, -0.05) is 66.2 Å². The van der Waals surface area contributed by atoms with Crippen LogP contribution >= 0.6 is 11.3 Å². The molecule has 0 aliphatic heterocycles. The van der Waals surface area contributed by atoms with E-state index in [9.17, 15) is 9.59 Å². The van der Waals surface area contributed by atoms with E-state index >= 15 is 0 Å². The quantitative estimate of drug-likeness (QED) is 0.364. The number of anilines is 1. The van der Waals surface area contributed by atoms with Gasteiger partial charge in [0.2, 0.25) is 5.91 Å². The lowest BCUT2D eigenvalue weighted by Crippen LogP contribution is -2.45. The number of nitrogens with zero attached hydrogens (tertiary/aromatic N) is 1. The van der Waals surface area contributed by atoms with Crippen LogP contribution in [0.1, 0.15) is 31.9 Å². The van der Waals surface area contributed by atoms with Gasteiger partial charge in [0, 0.05) is 22.4 Å². The Kier molecular flexibility index (Phi) is 7.18. The molecule has 0 aliphatic carbocycles. The second kappa shape index (κ2) is 10.4. The first-order chi connectivity index (χ1) is 16.4. The summed E-state index contributed by atoms with van der Waals surface area (Å²) in [6.45, 7) is 6.11. The van der Waals surface area contributed by atoms with Crippen LogP contribution in [-0.2, 0) is 11.2 Å². The van der Waals surface area contributed by atoms with E-state index in [1.165, 1.54) is 11.3 Å². The molecule has 0 unspecified atom stereocenters. The fourth-order valence-electron chi connectivity index (χ4n) is 3.77. The topological polar surface area (TPSA) is 71.1 Å². The average Bonchev–Trinajstić information content (AvgIpc) is 3.20. The highest BCUT2D eigenvalue weighted by Crippen LogP contribution is 2.33. The number of benzene rings is 3. The van der Waals surface area contributed by atoms with Crippen LogP contribution in [0.3, 0.4) is 0 Å². The van der Waals surface area contributed by atoms with Gasteiger partial charge in [-0.05, 0) is 50.1 Å². The van der Waals surface area contributed by atoms with Crippen LogP contribution in [-0.4, -0.2) is 22.8 Å². The zero-order valence-electron chi connectivity index (χ0n) is 19.5. The number of nitrogens with one attached hydrogen (secondary N) is 2. The van der Waals surface area contributed by atoms with Gasteiger partial charge in [0.25, 0.3) is 5.91 Å². The Morgan fingerprint density at radius 2 is 1.59 bits per heavy atom. The van der Waals surface area contributed by atoms with Gasteiger partial charge in [-0.2, -0.15) is 0 Å². The van der Waals surface area contributed by atoms with Crippen molar-refractivity contribution in [3.63, 3.8) is 0 Å². The van der Waals surface area contributed by atoms with Gasteiger partial charge >= 0.3 is 0 Å². The van der Waals surface area contributed by atoms with Gasteiger partial charge in [-0.15, -0.1) is 11.3 Å². The molecule has 1 heterocycles. The van der Waals surface area contributed by atoms with Crippen LogP contribution in [0.2, 0.25) is 0 Å². The molecule has 0 aliphatic rings. The Bertz CT molecular complexity index is 1300. The van der Waals surface area contributed by atoms with Crippen molar-refractivity contribution >= 4 is 28.3 Å². The molecule has 0 saturated carbocycles. The normalized spacial score (nSPS) is 11.6. The van der Waals surface area contributed by atoms with Crippen molar-refractivity contribution in [2.75, 3.05) is 5.32 Å². The molecule has 0 fully saturated rings. The predicted octanol–water partition coefficient (Wildman–Crippen LogP) is 5.72. The third-order valence-corrected chi connectivity index (χ3v) is 6.50. The highest BCUT2D eigenvalue weighted by atomic mass is 32.1. The number of amides is 2. The predicted molar refractivity (Wildman–Crippen MR) is 138 cm³/mol. The maximum absolute atomic E-state index is 13.3. The minimum atomic E-state index is -0.747. The van der Waals surface area contributed by atoms with Gasteiger partial charge in [-0.25, -0.2) is 4.98 Å². The van der Waals surface area contributed by atoms with Gasteiger partial charge in [0.15, 0.2) is 5.13 Å². The molecular weight excluding hydrogens is 442 g/mol. The average molecular weight is 470 g/mol. The summed E-state index contributed by atoms with van der Waals surface area (Å²) in [7, 11) is 0. The van der Waals surface area contributed by atoms with Crippen LogP contribution in [0.4, 0.5) is 5.13 Å². The largest absolute Gasteiger partial charge is 0.340 e. The van der Waals surface area contributed by atoms with Crippen molar-refractivity contribution in [2.45, 2.75) is 33.2 Å². The lowest BCUT2D eigenvalue weighted by molar-refractivity contribution is -0.118. The summed E-state index contributed by atoms with van der Waals surface area (Å²) < 4.78 is 0. The molecule has 34 heavy (non-hydrogen) atoms. The zero-order valence-corrected chi connectivity index (χ0v) is 20.3. The van der Waals surface area contributed by atoms with Crippen LogP contribution < -0.4 is 10.6 Å². The van der Waals surface area contributed by atoms with Crippen LogP contribution in [0.15, 0.2) is 78.9 Å². The number of thiazole rings is 1. The smallest absolute Gasteiger partial charge is 0.251 e. The van der Waals surface area contributed by atoms with Crippen molar-refractivity contribution in [3.05, 3.63) is 106 Å². The number of rotatable bonds is 7. The third kappa shape index (κ3) is 5.58. The van der Waals surface area contributed by atoms with Crippen molar-refractivity contribution in [1.82, 2.24) is 10.3 Å². The molecular formula is C28H27N3O2S. The Labute approximate surface area is 203 Å². The summed E-state index contributed by atoms with van der Waals surface area (Å²) in [6.07, 6.45) is 0.374. The lowest BCUT2D eigenvalue weighted by atomic mass is 10.0. The maximum atomic E-state index is 13.3. The first-order valence-corrected chi connectivity index (χ1v) is 12.0. The minimum absolute atomic E-state index is 0.289. The van der Waals surface area contributed by atoms with Gasteiger partial charge in [0.05, 0.1) is 5.69 Å². The molecule has 2 N–H and O–H groups in total. The first-order valence-electron chi connectivity index (χ1n) is 11.2. The Balaban J connectivity index is 1.56. The molecule has 3 aromatic carbocycles. The van der Waals surface area contributed by atoms with E-state index in [1.807, 2.05) is 43.3 Å². The monoisotopic (exact) mass is 469 g/mol. The molecule has 1 aromatic heterocycles. The fourth-order valence-corrected chi connectivity index (χ4v) is 4.60. The summed E-state index contributed by atoms with van der Waals surface area (Å²) in [5.74, 6) is -0.586. The SMILES string of the molecule is Cc1ccc(C)c(-c2nc(NC(=O)[C@@H](Cc3ccccc3)NC(=O)c3ccccc3)sc2C)c1. The van der Waals surface area contributed by atoms with E-state index in [-0.39, 0.29) is 11.8 Å². The van der Waals surface area contributed by atoms with Crippen LogP contribution in [0.5, 0.6) is 0 Å². The lowest BCUT2D eigenvalue weighted by Gasteiger charge is -2.18. The number of aromatic nitrogens is 1. The van der Waals surface area contributed by atoms with Crippen molar-refractivity contribution < 1.29 is 9.59 Å². The van der Waals surface area contributed by atoms with Crippen LogP contribution in [0.25, 0.3) is 11.3 Å². The van der Waals surface area contributed by atoms with E-state index in [0.717, 1.165) is 32.8 Å². The second-order valence-electron chi connectivity index (χ2n) is 8.31. The van der Waals surface area contributed by atoms with Gasteiger partial charge < -0.3 is 10.6 Å². The van der Waals surface area contributed by atoms with Crippen molar-refractivity contribution in [3.8, 4) is 11.3 Å². The fraction of sp³-hybridized carbons (Fsp3) is 0.179. The zero-order chi connectivity index (χ0) is 24.1. The number of hydrogen-bond acceptors (Lipinski definition) is 4. The van der Waals surface area contributed by atoms with E-state index < -0.39 is 6.04 Å². The third-order valence-electron chi connectivity index (χ3n) is 5.62. The molecule has 1 atom stereocenters. The number of hydrogen-bond donors (Lipinski definition) is 2. The van der Waals surface area contributed by atoms with E-state index in [0.29, 0.717) is 17.1 Å². The highest BCUT2D eigenvalue weighted by Gasteiger charge is 2.24. The number of aryl methyl sites for hydroxylation is 3. The molecule has 0 spiro atoms. The Morgan fingerprint density at radius 1 is 0.912 bits per heavy atom. The standard InChI is InChI=1S/C28H27N3O2S/c1-18-14-15-19(2)23(16-18)25-20(3)34-28(30-25)31-27(33)24(17-21-10-6-4-7-11-21)29-26(32)22-12-8-5-9-13-22/h4-16,24H,17H2,1-3H3,(H,29,32)(H,30,31,33)/t24-/m1/s1. The van der Waals surface area contributed by atoms with E-state index in [1.54, 1.807) is 24.3 Å². The maximum Gasteiger partial charge on any atom is 0.251 e. The Hall–Kier alpha value is -3.77. The molecule has 0 radical (unpaired) electrons. The summed E-state index contributed by atoms with van der Waals surface area (Å²) >= 11 is 1.44. The second-order valence-corrected chi connectivity index (χ2v) is 9.52. The molecule has 6 heteroatoms. The molecule has 172 valence electrons. The summed E-state index contributed by atoms with van der Waals surface area (Å²) in [6, 6.07) is 24.1. The molecule has 2 amide bonds. The first kappa shape index (κ1) is 23.4.